The molecular formula is C17H22N2O4. The lowest BCUT2D eigenvalue weighted by molar-refractivity contribution is -0.139. The highest BCUT2D eigenvalue weighted by molar-refractivity contribution is 5.84. The molecular weight excluding hydrogens is 296 g/mol. The summed E-state index contributed by atoms with van der Waals surface area (Å²) in [5.74, 6) is 1.49. The first-order valence-electron chi connectivity index (χ1n) is 8.04. The molecule has 1 fully saturated rings. The summed E-state index contributed by atoms with van der Waals surface area (Å²) in [5.41, 5.74) is 0.979. The Morgan fingerprint density at radius 1 is 1.22 bits per heavy atom. The second kappa shape index (κ2) is 6.89. The van der Waals surface area contributed by atoms with E-state index in [1.807, 2.05) is 18.2 Å². The predicted molar refractivity (Wildman–Crippen MR) is 84.1 cm³/mol. The van der Waals surface area contributed by atoms with E-state index in [1.54, 1.807) is 16.8 Å². The van der Waals surface area contributed by atoms with Crippen molar-refractivity contribution in [2.24, 2.45) is 0 Å². The van der Waals surface area contributed by atoms with E-state index in [-0.39, 0.29) is 25.2 Å². The van der Waals surface area contributed by atoms with Gasteiger partial charge in [-0.25, -0.2) is 0 Å². The molecule has 1 saturated heterocycles. The minimum Gasteiger partial charge on any atom is -0.454 e. The summed E-state index contributed by atoms with van der Waals surface area (Å²) in [6.45, 7) is 1.57. The number of likely N-dealkylation sites (tertiary alicyclic amines) is 1. The Labute approximate surface area is 136 Å². The lowest BCUT2D eigenvalue weighted by Crippen LogP contribution is -2.41. The molecule has 0 atom stereocenters. The zero-order chi connectivity index (χ0) is 16.2. The van der Waals surface area contributed by atoms with Crippen LogP contribution in [0.4, 0.5) is 0 Å². The zero-order valence-electron chi connectivity index (χ0n) is 13.4. The van der Waals surface area contributed by atoms with Gasteiger partial charge in [-0.15, -0.1) is 0 Å². The van der Waals surface area contributed by atoms with E-state index in [9.17, 15) is 9.59 Å². The third kappa shape index (κ3) is 3.75. The lowest BCUT2D eigenvalue weighted by atomic mass is 10.2. The minimum atomic E-state index is -0.0436. The van der Waals surface area contributed by atoms with Crippen LogP contribution in [-0.2, 0) is 16.1 Å². The van der Waals surface area contributed by atoms with E-state index in [0.717, 1.165) is 30.6 Å². The van der Waals surface area contributed by atoms with Crippen molar-refractivity contribution in [3.8, 4) is 11.5 Å². The summed E-state index contributed by atoms with van der Waals surface area (Å²) >= 11 is 0. The first-order chi connectivity index (χ1) is 11.1. The summed E-state index contributed by atoms with van der Waals surface area (Å²) in [7, 11) is 1.76. The molecule has 6 nitrogen and oxygen atoms in total. The smallest absolute Gasteiger partial charge is 0.242 e. The van der Waals surface area contributed by atoms with Crippen molar-refractivity contribution in [3.63, 3.8) is 0 Å². The average molecular weight is 318 g/mol. The molecule has 1 aromatic rings. The number of nitrogens with zero attached hydrogens (tertiary/aromatic N) is 2. The van der Waals surface area contributed by atoms with Gasteiger partial charge in [-0.05, 0) is 30.5 Å². The Bertz CT molecular complexity index is 602. The molecule has 1 aromatic carbocycles. The van der Waals surface area contributed by atoms with E-state index in [1.165, 1.54) is 0 Å². The number of ether oxygens (including phenoxy) is 2. The van der Waals surface area contributed by atoms with Crippen LogP contribution in [0.2, 0.25) is 0 Å². The number of rotatable bonds is 4. The maximum absolute atomic E-state index is 12.4. The quantitative estimate of drug-likeness (QED) is 0.849. The van der Waals surface area contributed by atoms with Crippen LogP contribution in [0.5, 0.6) is 11.5 Å². The third-order valence-corrected chi connectivity index (χ3v) is 4.28. The fourth-order valence-electron chi connectivity index (χ4n) is 2.89. The highest BCUT2D eigenvalue weighted by atomic mass is 16.7. The number of amides is 2. The minimum absolute atomic E-state index is 0.0436. The van der Waals surface area contributed by atoms with Gasteiger partial charge in [0, 0.05) is 26.6 Å². The third-order valence-electron chi connectivity index (χ3n) is 4.28. The van der Waals surface area contributed by atoms with Crippen LogP contribution in [-0.4, -0.2) is 48.5 Å². The highest BCUT2D eigenvalue weighted by Crippen LogP contribution is 2.32. The standard InChI is InChI=1S/C17H22N2O4/c1-18(10-13-6-7-14-15(9-13)23-12-22-14)17(21)11-19-8-4-2-3-5-16(19)20/h6-7,9H,2-5,8,10-12H2,1H3. The van der Waals surface area contributed by atoms with Crippen molar-refractivity contribution < 1.29 is 19.1 Å². The first kappa shape index (κ1) is 15.6. The Hall–Kier alpha value is -2.24. The Morgan fingerprint density at radius 2 is 2.04 bits per heavy atom. The summed E-state index contributed by atoms with van der Waals surface area (Å²) in [5, 5.41) is 0. The molecule has 6 heteroatoms. The monoisotopic (exact) mass is 318 g/mol. The van der Waals surface area contributed by atoms with Gasteiger partial charge in [-0.2, -0.15) is 0 Å². The molecule has 2 aliphatic heterocycles. The Morgan fingerprint density at radius 3 is 2.91 bits per heavy atom. The van der Waals surface area contributed by atoms with Gasteiger partial charge in [-0.1, -0.05) is 12.5 Å². The maximum atomic E-state index is 12.4. The van der Waals surface area contributed by atoms with Crippen molar-refractivity contribution in [1.82, 2.24) is 9.80 Å². The first-order valence-corrected chi connectivity index (χ1v) is 8.04. The second-order valence-corrected chi connectivity index (χ2v) is 6.06. The largest absolute Gasteiger partial charge is 0.454 e. The Balaban J connectivity index is 1.58. The van der Waals surface area contributed by atoms with Crippen LogP contribution < -0.4 is 9.47 Å². The molecule has 124 valence electrons. The number of benzene rings is 1. The van der Waals surface area contributed by atoms with Gasteiger partial charge in [-0.3, -0.25) is 9.59 Å². The van der Waals surface area contributed by atoms with Crippen LogP contribution in [0.1, 0.15) is 31.2 Å². The predicted octanol–water partition coefficient (Wildman–Crippen LogP) is 1.78. The van der Waals surface area contributed by atoms with E-state index in [0.29, 0.717) is 25.3 Å². The number of likely N-dealkylation sites (N-methyl/N-ethyl adjacent to an activating group) is 1. The van der Waals surface area contributed by atoms with Crippen molar-refractivity contribution in [1.29, 1.82) is 0 Å². The van der Waals surface area contributed by atoms with Gasteiger partial charge in [0.2, 0.25) is 18.6 Å². The number of fused-ring (bicyclic) bond motifs is 1. The second-order valence-electron chi connectivity index (χ2n) is 6.06. The number of carbonyl (C=O) groups is 2. The molecule has 2 heterocycles. The fourth-order valence-corrected chi connectivity index (χ4v) is 2.89. The van der Waals surface area contributed by atoms with Gasteiger partial charge in [0.1, 0.15) is 0 Å². The topological polar surface area (TPSA) is 59.1 Å². The van der Waals surface area contributed by atoms with E-state index in [2.05, 4.69) is 0 Å². The highest BCUT2D eigenvalue weighted by Gasteiger charge is 2.21. The molecule has 23 heavy (non-hydrogen) atoms. The van der Waals surface area contributed by atoms with Crippen LogP contribution >= 0.6 is 0 Å². The van der Waals surface area contributed by atoms with Crippen LogP contribution in [0, 0.1) is 0 Å². The average Bonchev–Trinajstić information content (AvgIpc) is 2.91. The van der Waals surface area contributed by atoms with E-state index < -0.39 is 0 Å². The van der Waals surface area contributed by atoms with E-state index in [4.69, 9.17) is 9.47 Å². The molecule has 0 aliphatic carbocycles. The van der Waals surface area contributed by atoms with Gasteiger partial charge in [0.05, 0.1) is 6.54 Å². The number of hydrogen-bond acceptors (Lipinski definition) is 4. The maximum Gasteiger partial charge on any atom is 0.242 e. The van der Waals surface area contributed by atoms with Crippen molar-refractivity contribution in [2.45, 2.75) is 32.2 Å². The molecule has 0 saturated carbocycles. The van der Waals surface area contributed by atoms with Crippen LogP contribution in [0.25, 0.3) is 0 Å². The molecule has 2 aliphatic rings. The molecule has 0 unspecified atom stereocenters. The zero-order valence-corrected chi connectivity index (χ0v) is 13.4. The number of carbonyl (C=O) groups excluding carboxylic acids is 2. The number of hydrogen-bond donors (Lipinski definition) is 0. The van der Waals surface area contributed by atoms with Crippen molar-refractivity contribution in [3.05, 3.63) is 23.8 Å². The molecule has 0 spiro atoms. The molecule has 3 rings (SSSR count). The Kier molecular flexibility index (Phi) is 4.69. The molecule has 0 aromatic heterocycles. The molecule has 0 bridgehead atoms. The van der Waals surface area contributed by atoms with Gasteiger partial charge >= 0.3 is 0 Å². The fraction of sp³-hybridized carbons (Fsp3) is 0.529. The van der Waals surface area contributed by atoms with Gasteiger partial charge in [0.15, 0.2) is 11.5 Å². The summed E-state index contributed by atoms with van der Waals surface area (Å²) in [6.07, 6.45) is 3.52. The van der Waals surface area contributed by atoms with E-state index >= 15 is 0 Å². The molecule has 2 amide bonds. The SMILES string of the molecule is CN(Cc1ccc2c(c1)OCO2)C(=O)CN1CCCCCC1=O. The normalized spacial score (nSPS) is 17.1. The van der Waals surface area contributed by atoms with Crippen molar-refractivity contribution >= 4 is 11.8 Å². The van der Waals surface area contributed by atoms with Crippen molar-refractivity contribution in [2.75, 3.05) is 26.9 Å². The van der Waals surface area contributed by atoms with Gasteiger partial charge < -0.3 is 19.3 Å². The summed E-state index contributed by atoms with van der Waals surface area (Å²) in [4.78, 5) is 27.7. The molecule has 0 N–H and O–H groups in total. The van der Waals surface area contributed by atoms with Gasteiger partial charge in [0.25, 0.3) is 0 Å². The summed E-state index contributed by atoms with van der Waals surface area (Å²) in [6, 6.07) is 5.67. The molecule has 0 radical (unpaired) electrons. The summed E-state index contributed by atoms with van der Waals surface area (Å²) < 4.78 is 10.6. The van der Waals surface area contributed by atoms with Crippen LogP contribution in [0.15, 0.2) is 18.2 Å². The van der Waals surface area contributed by atoms with Crippen LogP contribution in [0.3, 0.4) is 0 Å². The lowest BCUT2D eigenvalue weighted by Gasteiger charge is -2.24.